The zero-order valence-corrected chi connectivity index (χ0v) is 16.4. The van der Waals surface area contributed by atoms with Gasteiger partial charge in [0.1, 0.15) is 0 Å². The van der Waals surface area contributed by atoms with Crippen molar-refractivity contribution in [3.8, 4) is 0 Å². The molecule has 3 rings (SSSR count). The monoisotopic (exact) mass is 382 g/mol. The Balaban J connectivity index is 0.000000176. The zero-order chi connectivity index (χ0) is 16.9. The van der Waals surface area contributed by atoms with Crippen molar-refractivity contribution >= 4 is 46.6 Å². The summed E-state index contributed by atoms with van der Waals surface area (Å²) in [4.78, 5) is 2.30. The van der Waals surface area contributed by atoms with Crippen molar-refractivity contribution in [1.29, 1.82) is 0 Å². The van der Waals surface area contributed by atoms with Crippen molar-refractivity contribution in [1.82, 2.24) is 20.2 Å². The molecular formula is C14H29ClN5OS2+. The van der Waals surface area contributed by atoms with Gasteiger partial charge in [-0.2, -0.15) is 0 Å². The van der Waals surface area contributed by atoms with Gasteiger partial charge in [0.15, 0.2) is 0 Å². The molecule has 6 nitrogen and oxygen atoms in total. The highest BCUT2D eigenvalue weighted by atomic mass is 35.5. The lowest BCUT2D eigenvalue weighted by Crippen LogP contribution is -2.40. The summed E-state index contributed by atoms with van der Waals surface area (Å²) in [6.07, 6.45) is 1.31. The minimum atomic E-state index is 0.295. The highest BCUT2D eigenvalue weighted by molar-refractivity contribution is 8.14. The number of ether oxygens (including phenoxy) is 1. The summed E-state index contributed by atoms with van der Waals surface area (Å²) in [7, 11) is 2.12. The molecule has 3 saturated heterocycles. The summed E-state index contributed by atoms with van der Waals surface area (Å²) in [5, 5.41) is 7.16. The second kappa shape index (κ2) is 13.2. The van der Waals surface area contributed by atoms with Crippen LogP contribution in [0.4, 0.5) is 0 Å². The Labute approximate surface area is 153 Å². The molecule has 0 aliphatic carbocycles. The van der Waals surface area contributed by atoms with E-state index in [2.05, 4.69) is 34.2 Å². The lowest BCUT2D eigenvalue weighted by atomic mass is 10.3. The van der Waals surface area contributed by atoms with E-state index in [1.165, 1.54) is 18.6 Å². The first kappa shape index (κ1) is 21.0. The van der Waals surface area contributed by atoms with E-state index in [9.17, 15) is 0 Å². The summed E-state index contributed by atoms with van der Waals surface area (Å²) in [5.74, 6) is 2.28. The highest BCUT2D eigenvalue weighted by Gasteiger charge is 2.23. The van der Waals surface area contributed by atoms with Crippen molar-refractivity contribution in [3.05, 3.63) is 0 Å². The van der Waals surface area contributed by atoms with E-state index in [1.807, 2.05) is 11.8 Å². The van der Waals surface area contributed by atoms with Gasteiger partial charge in [-0.1, -0.05) is 0 Å². The lowest BCUT2D eigenvalue weighted by Gasteiger charge is -2.32. The predicted molar refractivity (Wildman–Crippen MR) is 106 cm³/mol. The number of morpholine rings is 1. The fourth-order valence-electron chi connectivity index (χ4n) is 1.88. The van der Waals surface area contributed by atoms with E-state index in [-0.39, 0.29) is 0 Å². The molecule has 3 aliphatic rings. The third kappa shape index (κ3) is 9.72. The molecule has 0 amide bonds. The number of alkyl halides is 1. The standard InChI is InChI=1S/C6H12ClNS.C4H7N3S.C4H9NO/c1-5-6(7)9-4-3-8(5)2;5-3-7-4-6-1-2-8-4;1-3-6-4-2-5-1/h5-6H,3-4H2,1-2H3;3H,1-2H2,(H2,5,6,7);5H,1-4H2/p+1. The van der Waals surface area contributed by atoms with Crippen molar-refractivity contribution in [3.63, 3.8) is 0 Å². The Morgan fingerprint density at radius 3 is 2.48 bits per heavy atom. The SMILES string of the molecule is C1COCCN1.CC1C(Cl)SCCN1C.NC=[N+]=C1NCCS1. The molecule has 0 bridgehead atoms. The number of rotatable bonds is 0. The van der Waals surface area contributed by atoms with E-state index in [4.69, 9.17) is 22.1 Å². The molecule has 2 unspecified atom stereocenters. The van der Waals surface area contributed by atoms with Crippen LogP contribution in [0.25, 0.3) is 0 Å². The summed E-state index contributed by atoms with van der Waals surface area (Å²) in [6, 6.07) is 0.533. The number of halogens is 1. The van der Waals surface area contributed by atoms with Crippen molar-refractivity contribution < 1.29 is 4.74 Å². The normalized spacial score (nSPS) is 27.5. The molecule has 0 aromatic rings. The van der Waals surface area contributed by atoms with Gasteiger partial charge in [-0.05, 0) is 25.7 Å². The van der Waals surface area contributed by atoms with Gasteiger partial charge in [-0.15, -0.1) is 23.4 Å². The van der Waals surface area contributed by atoms with Gasteiger partial charge in [0.2, 0.25) is 0 Å². The van der Waals surface area contributed by atoms with E-state index in [1.54, 1.807) is 11.8 Å². The summed E-state index contributed by atoms with van der Waals surface area (Å²) >= 11 is 9.53. The van der Waals surface area contributed by atoms with E-state index in [0.717, 1.165) is 43.8 Å². The van der Waals surface area contributed by atoms with Crippen LogP contribution in [-0.2, 0) is 4.74 Å². The van der Waals surface area contributed by atoms with Crippen LogP contribution in [0.5, 0.6) is 0 Å². The quantitative estimate of drug-likeness (QED) is 0.235. The highest BCUT2D eigenvalue weighted by Crippen LogP contribution is 2.26. The Morgan fingerprint density at radius 1 is 1.35 bits per heavy atom. The summed E-state index contributed by atoms with van der Waals surface area (Å²) in [5.41, 5.74) is 5.04. The van der Waals surface area contributed by atoms with Gasteiger partial charge in [0, 0.05) is 37.2 Å². The van der Waals surface area contributed by atoms with E-state index >= 15 is 0 Å². The molecular weight excluding hydrogens is 354 g/mol. The number of nitrogens with zero attached hydrogens (tertiary/aromatic N) is 2. The Hall–Kier alpha value is -0.0800. The predicted octanol–water partition coefficient (Wildman–Crippen LogP) is -0.0424. The molecule has 3 heterocycles. The molecule has 0 saturated carbocycles. The number of hydrogen-bond acceptors (Lipinski definition) is 5. The number of amidine groups is 1. The van der Waals surface area contributed by atoms with Crippen LogP contribution in [0, 0.1) is 0 Å². The third-order valence-electron chi connectivity index (χ3n) is 3.45. The molecule has 0 aromatic carbocycles. The fraction of sp³-hybridized carbons (Fsp3) is 0.857. The summed E-state index contributed by atoms with van der Waals surface area (Å²) in [6.45, 7) is 8.19. The first-order valence-electron chi connectivity index (χ1n) is 7.87. The van der Waals surface area contributed by atoms with Gasteiger partial charge in [0.25, 0.3) is 6.34 Å². The van der Waals surface area contributed by atoms with Crippen LogP contribution in [0.1, 0.15) is 6.92 Å². The average molecular weight is 383 g/mol. The molecule has 2 atom stereocenters. The van der Waals surface area contributed by atoms with Gasteiger partial charge < -0.3 is 20.7 Å². The van der Waals surface area contributed by atoms with Crippen LogP contribution in [0.15, 0.2) is 0 Å². The van der Waals surface area contributed by atoms with Crippen LogP contribution in [0.3, 0.4) is 0 Å². The maximum absolute atomic E-state index is 5.98. The largest absolute Gasteiger partial charge is 0.379 e. The van der Waals surface area contributed by atoms with E-state index < -0.39 is 0 Å². The van der Waals surface area contributed by atoms with E-state index in [0.29, 0.717) is 10.8 Å². The van der Waals surface area contributed by atoms with Crippen LogP contribution < -0.4 is 21.0 Å². The molecule has 3 fully saturated rings. The molecule has 134 valence electrons. The third-order valence-corrected chi connectivity index (χ3v) is 6.26. The lowest BCUT2D eigenvalue weighted by molar-refractivity contribution is 0.109. The Morgan fingerprint density at radius 2 is 2.09 bits per heavy atom. The van der Waals surface area contributed by atoms with Crippen molar-refractivity contribution in [2.75, 3.05) is 57.9 Å². The molecule has 0 aromatic heterocycles. The van der Waals surface area contributed by atoms with Gasteiger partial charge in [-0.25, -0.2) is 4.67 Å². The summed E-state index contributed by atoms with van der Waals surface area (Å²) < 4.78 is 9.15. The first-order valence-corrected chi connectivity index (χ1v) is 10.3. The fourth-order valence-corrected chi connectivity index (χ4v) is 4.18. The Bertz CT molecular complexity index is 349. The van der Waals surface area contributed by atoms with Gasteiger partial charge in [0.05, 0.1) is 24.5 Å². The average Bonchev–Trinajstić information content (AvgIpc) is 3.09. The smallest absolute Gasteiger partial charge is 0.345 e. The maximum atomic E-state index is 5.98. The van der Waals surface area contributed by atoms with Crippen LogP contribution in [0.2, 0.25) is 0 Å². The van der Waals surface area contributed by atoms with Crippen molar-refractivity contribution in [2.45, 2.75) is 17.7 Å². The van der Waals surface area contributed by atoms with Gasteiger partial charge in [-0.3, -0.25) is 5.32 Å². The molecule has 0 spiro atoms. The molecule has 3 aliphatic heterocycles. The molecule has 23 heavy (non-hydrogen) atoms. The number of nitrogens with one attached hydrogen (secondary N) is 2. The number of thioether (sulfide) groups is 2. The minimum absolute atomic E-state index is 0.295. The van der Waals surface area contributed by atoms with Crippen molar-refractivity contribution in [2.24, 2.45) is 5.73 Å². The second-order valence-electron chi connectivity index (χ2n) is 5.16. The molecule has 4 N–H and O–H groups in total. The topological polar surface area (TPSA) is 76.7 Å². The molecule has 9 heteroatoms. The number of nitrogens with two attached hydrogens (primary N) is 1. The Kier molecular flexibility index (Phi) is 12.1. The second-order valence-corrected chi connectivity index (χ2v) is 8.23. The van der Waals surface area contributed by atoms with Crippen LogP contribution >= 0.6 is 35.1 Å². The zero-order valence-electron chi connectivity index (χ0n) is 14.0. The minimum Gasteiger partial charge on any atom is -0.379 e. The molecule has 0 radical (unpaired) electrons. The van der Waals surface area contributed by atoms with Crippen LogP contribution in [-0.4, -0.2) is 85.1 Å². The van der Waals surface area contributed by atoms with Gasteiger partial charge >= 0.3 is 5.17 Å². The number of hydrogen-bond donors (Lipinski definition) is 3. The maximum Gasteiger partial charge on any atom is 0.345 e. The first-order chi connectivity index (χ1) is 11.1.